The van der Waals surface area contributed by atoms with Crippen molar-refractivity contribution in [2.45, 2.75) is 118 Å². The van der Waals surface area contributed by atoms with Gasteiger partial charge in [0.05, 0.1) is 32.5 Å². The first-order chi connectivity index (χ1) is 19.4. The smallest absolute Gasteiger partial charge is 0.311 e. The summed E-state index contributed by atoms with van der Waals surface area (Å²) >= 11 is 0. The van der Waals surface area contributed by atoms with E-state index >= 15 is 0 Å². The molecule has 0 saturated carbocycles. The van der Waals surface area contributed by atoms with Crippen molar-refractivity contribution in [3.05, 3.63) is 30.3 Å². The molecule has 0 amide bonds. The van der Waals surface area contributed by atoms with E-state index < -0.39 is 92.8 Å². The van der Waals surface area contributed by atoms with E-state index in [0.29, 0.717) is 4.90 Å². The van der Waals surface area contributed by atoms with Crippen LogP contribution in [0.15, 0.2) is 35.2 Å². The van der Waals surface area contributed by atoms with Gasteiger partial charge in [0, 0.05) is 4.90 Å². The molecule has 0 radical (unpaired) electrons. The molecule has 11 heteroatoms. The van der Waals surface area contributed by atoms with E-state index in [1.165, 1.54) is 0 Å². The first-order valence-corrected chi connectivity index (χ1v) is 15.6. The third kappa shape index (κ3) is 9.86. The molecule has 1 aliphatic rings. The summed E-state index contributed by atoms with van der Waals surface area (Å²) in [5.41, 5.74) is -5.21. The zero-order valence-corrected chi connectivity index (χ0v) is 28.3. The summed E-state index contributed by atoms with van der Waals surface area (Å²) in [7, 11) is -1.97. The maximum absolute atomic E-state index is 14.0. The molecule has 0 aliphatic carbocycles. The quantitative estimate of drug-likeness (QED) is 0.302. The molecule has 10 nitrogen and oxygen atoms in total. The van der Waals surface area contributed by atoms with Crippen LogP contribution in [0.25, 0.3) is 0 Å². The minimum atomic E-state index is -1.97. The molecule has 0 aromatic heterocycles. The van der Waals surface area contributed by atoms with Crippen molar-refractivity contribution in [2.75, 3.05) is 6.61 Å². The molecule has 0 N–H and O–H groups in total. The van der Waals surface area contributed by atoms with Gasteiger partial charge in [-0.25, -0.2) is 0 Å². The molecule has 43 heavy (non-hydrogen) atoms. The Labute approximate surface area is 258 Å². The van der Waals surface area contributed by atoms with E-state index in [2.05, 4.69) is 0 Å². The monoisotopic (exact) mass is 624 g/mol. The molecule has 2 rings (SSSR count). The molecule has 1 aromatic carbocycles. The molecule has 1 fully saturated rings. The largest absolute Gasteiger partial charge is 0.462 e. The SMILES string of the molecule is CC(C)(C)C(=O)OC[C@@H]1O[C@H](S(=O)c2ccccc2)[C@@H](OC(=O)C(C)(C)C)[C@H](OC(=O)C(C)(C)C)[C@H]1OC(=O)C(C)(C)C. The van der Waals surface area contributed by atoms with E-state index in [0.717, 1.165) is 0 Å². The molecule has 1 saturated heterocycles. The van der Waals surface area contributed by atoms with Crippen molar-refractivity contribution < 1.29 is 47.1 Å². The zero-order chi connectivity index (χ0) is 33.1. The number of hydrogen-bond donors (Lipinski definition) is 0. The van der Waals surface area contributed by atoms with Crippen molar-refractivity contribution in [1.82, 2.24) is 0 Å². The minimum absolute atomic E-state index is 0.362. The maximum Gasteiger partial charge on any atom is 0.311 e. The molecule has 6 atom stereocenters. The predicted octanol–water partition coefficient (Wildman–Crippen LogP) is 4.98. The van der Waals surface area contributed by atoms with Crippen molar-refractivity contribution in [3.63, 3.8) is 0 Å². The number of hydrogen-bond acceptors (Lipinski definition) is 10. The lowest BCUT2D eigenvalue weighted by Gasteiger charge is -2.45. The molecular weight excluding hydrogens is 576 g/mol. The van der Waals surface area contributed by atoms with Gasteiger partial charge in [0.25, 0.3) is 0 Å². The summed E-state index contributed by atoms with van der Waals surface area (Å²) in [6.45, 7) is 19.4. The first kappa shape index (κ1) is 36.4. The summed E-state index contributed by atoms with van der Waals surface area (Å²) in [5.74, 6) is -2.56. The van der Waals surface area contributed by atoms with Crippen LogP contribution < -0.4 is 0 Å². The number of carbonyl (C=O) groups is 4. The van der Waals surface area contributed by atoms with Crippen LogP contribution in [0, 0.1) is 21.7 Å². The lowest BCUT2D eigenvalue weighted by atomic mass is 9.93. The minimum Gasteiger partial charge on any atom is -0.462 e. The van der Waals surface area contributed by atoms with Crippen LogP contribution in [0.2, 0.25) is 0 Å². The normalized spacial score (nSPS) is 24.0. The third-order valence-electron chi connectivity index (χ3n) is 6.34. The van der Waals surface area contributed by atoms with Gasteiger partial charge in [-0.15, -0.1) is 0 Å². The summed E-state index contributed by atoms with van der Waals surface area (Å²) in [5, 5.41) is 0. The highest BCUT2D eigenvalue weighted by Gasteiger charge is 2.56. The van der Waals surface area contributed by atoms with Crippen molar-refractivity contribution >= 4 is 34.7 Å². The van der Waals surface area contributed by atoms with Crippen LogP contribution in [0.3, 0.4) is 0 Å². The Hall–Kier alpha value is -2.79. The molecule has 242 valence electrons. The summed E-state index contributed by atoms with van der Waals surface area (Å²) in [6, 6.07) is 8.39. The lowest BCUT2D eigenvalue weighted by Crippen LogP contribution is -2.64. The highest BCUT2D eigenvalue weighted by molar-refractivity contribution is 7.85. The van der Waals surface area contributed by atoms with Gasteiger partial charge in [0.15, 0.2) is 23.7 Å². The number of ether oxygens (including phenoxy) is 5. The van der Waals surface area contributed by atoms with Gasteiger partial charge >= 0.3 is 23.9 Å². The standard InChI is InChI=1S/C32H48O10S/c1-29(2,3)25(33)38-18-20-21(40-26(34)30(4,5)6)22(41-27(35)31(7,8)9)23(42-28(36)32(10,11)12)24(39-20)43(37)19-16-14-13-15-17-19/h13-17,20-24H,18H2,1-12H3/t20-,21-,22+,23-,24+,43?/m0/s1. The van der Waals surface area contributed by atoms with Gasteiger partial charge in [-0.2, -0.15) is 0 Å². The van der Waals surface area contributed by atoms with Crippen LogP contribution in [-0.2, 0) is 53.7 Å². The third-order valence-corrected chi connectivity index (χ3v) is 7.87. The van der Waals surface area contributed by atoms with Crippen LogP contribution >= 0.6 is 0 Å². The molecule has 0 spiro atoms. The van der Waals surface area contributed by atoms with Gasteiger partial charge in [-0.1, -0.05) is 18.2 Å². The second-order valence-corrected chi connectivity index (χ2v) is 16.4. The van der Waals surface area contributed by atoms with Crippen LogP contribution in [-0.4, -0.2) is 64.5 Å². The van der Waals surface area contributed by atoms with E-state index in [1.807, 2.05) is 0 Å². The Balaban J connectivity index is 2.76. The molecule has 0 bridgehead atoms. The second-order valence-electron chi connectivity index (χ2n) is 14.9. The highest BCUT2D eigenvalue weighted by atomic mass is 32.2. The van der Waals surface area contributed by atoms with E-state index in [-0.39, 0.29) is 0 Å². The molecule has 1 aromatic rings. The summed E-state index contributed by atoms with van der Waals surface area (Å²) in [4.78, 5) is 52.9. The Kier molecular flexibility index (Phi) is 11.4. The predicted molar refractivity (Wildman–Crippen MR) is 160 cm³/mol. The Morgan fingerprint density at radius 2 is 1.02 bits per heavy atom. The molecule has 1 heterocycles. The summed E-state index contributed by atoms with van der Waals surface area (Å²) in [6.07, 6.45) is -5.51. The van der Waals surface area contributed by atoms with E-state index in [4.69, 9.17) is 23.7 Å². The molecule has 1 unspecified atom stereocenters. The molecule has 1 aliphatic heterocycles. The van der Waals surface area contributed by atoms with Gasteiger partial charge < -0.3 is 23.7 Å². The molecular formula is C32H48O10S. The second kappa shape index (κ2) is 13.5. The van der Waals surface area contributed by atoms with Crippen molar-refractivity contribution in [3.8, 4) is 0 Å². The van der Waals surface area contributed by atoms with Crippen LogP contribution in [0.5, 0.6) is 0 Å². The topological polar surface area (TPSA) is 132 Å². The average molecular weight is 625 g/mol. The van der Waals surface area contributed by atoms with Crippen molar-refractivity contribution in [1.29, 1.82) is 0 Å². The lowest BCUT2D eigenvalue weighted by molar-refractivity contribution is -0.246. The number of esters is 4. The van der Waals surface area contributed by atoms with Gasteiger partial charge in [0.2, 0.25) is 0 Å². The fourth-order valence-corrected chi connectivity index (χ4v) is 4.94. The van der Waals surface area contributed by atoms with E-state index in [1.54, 1.807) is 113 Å². The first-order valence-electron chi connectivity index (χ1n) is 14.4. The highest BCUT2D eigenvalue weighted by Crippen LogP contribution is 2.36. The van der Waals surface area contributed by atoms with Crippen LogP contribution in [0.4, 0.5) is 0 Å². The fourth-order valence-electron chi connectivity index (χ4n) is 3.55. The van der Waals surface area contributed by atoms with Crippen molar-refractivity contribution in [2.24, 2.45) is 21.7 Å². The Bertz CT molecular complexity index is 1180. The Morgan fingerprint density at radius 1 is 0.628 bits per heavy atom. The van der Waals surface area contributed by atoms with Gasteiger partial charge in [-0.3, -0.25) is 23.4 Å². The fraction of sp³-hybridized carbons (Fsp3) is 0.688. The van der Waals surface area contributed by atoms with Gasteiger partial charge in [0.1, 0.15) is 12.7 Å². The number of benzene rings is 1. The summed E-state index contributed by atoms with van der Waals surface area (Å²) < 4.78 is 43.7. The average Bonchev–Trinajstić information content (AvgIpc) is 2.87. The zero-order valence-electron chi connectivity index (χ0n) is 27.5. The number of carbonyl (C=O) groups excluding carboxylic acids is 4. The number of rotatable bonds is 7. The van der Waals surface area contributed by atoms with E-state index in [9.17, 15) is 23.4 Å². The van der Waals surface area contributed by atoms with Crippen LogP contribution in [0.1, 0.15) is 83.1 Å². The van der Waals surface area contributed by atoms with Gasteiger partial charge in [-0.05, 0) is 95.2 Å². The Morgan fingerprint density at radius 3 is 1.44 bits per heavy atom. The maximum atomic E-state index is 14.0.